The van der Waals surface area contributed by atoms with E-state index in [0.717, 1.165) is 23.6 Å². The molecule has 32 heavy (non-hydrogen) atoms. The molecule has 2 N–H and O–H groups in total. The van der Waals surface area contributed by atoms with Crippen molar-refractivity contribution in [2.45, 2.75) is 17.7 Å². The van der Waals surface area contributed by atoms with Crippen LogP contribution < -0.4 is 5.32 Å². The normalized spacial score (nSPS) is 14.4. The maximum atomic E-state index is 12.6. The van der Waals surface area contributed by atoms with E-state index in [9.17, 15) is 23.1 Å². The van der Waals surface area contributed by atoms with E-state index in [1.165, 1.54) is 40.7 Å². The standard InChI is InChI=1S/C23H22N2O6S/c26-21-14-17-6-2-1-5-16(17)13-20(21)23(28)31-15-22(27)24-18-7-9-19(10-8-18)32(29,30)25-11-3-4-12-25/h1-2,5-10,13-14,26H,3-4,11-12,15H2,(H,24,27). The van der Waals surface area contributed by atoms with Crippen molar-refractivity contribution in [1.29, 1.82) is 0 Å². The molecule has 1 aliphatic heterocycles. The van der Waals surface area contributed by atoms with Crippen LogP contribution in [0.1, 0.15) is 23.2 Å². The summed E-state index contributed by atoms with van der Waals surface area (Å²) >= 11 is 0. The molecule has 1 heterocycles. The van der Waals surface area contributed by atoms with Gasteiger partial charge in [-0.15, -0.1) is 0 Å². The van der Waals surface area contributed by atoms with Crippen molar-refractivity contribution in [3.8, 4) is 5.75 Å². The molecular weight excluding hydrogens is 432 g/mol. The number of esters is 1. The summed E-state index contributed by atoms with van der Waals surface area (Å²) in [5.74, 6) is -1.65. The van der Waals surface area contributed by atoms with Gasteiger partial charge in [-0.05, 0) is 60.0 Å². The molecule has 3 aromatic carbocycles. The van der Waals surface area contributed by atoms with Crippen LogP contribution in [-0.4, -0.2) is 49.4 Å². The van der Waals surface area contributed by atoms with Gasteiger partial charge in [-0.2, -0.15) is 4.31 Å². The minimum atomic E-state index is -3.53. The number of amides is 1. The van der Waals surface area contributed by atoms with Crippen molar-refractivity contribution in [3.05, 3.63) is 66.2 Å². The molecule has 0 spiro atoms. The molecule has 1 aliphatic rings. The van der Waals surface area contributed by atoms with Gasteiger partial charge in [-0.25, -0.2) is 13.2 Å². The molecule has 9 heteroatoms. The van der Waals surface area contributed by atoms with Crippen molar-refractivity contribution in [2.75, 3.05) is 25.0 Å². The number of fused-ring (bicyclic) bond motifs is 1. The number of ether oxygens (including phenoxy) is 1. The Kier molecular flexibility index (Phi) is 6.11. The number of benzene rings is 3. The van der Waals surface area contributed by atoms with Crippen LogP contribution in [0.25, 0.3) is 10.8 Å². The Bertz CT molecular complexity index is 1270. The molecule has 4 rings (SSSR count). The Labute approximate surface area is 185 Å². The van der Waals surface area contributed by atoms with E-state index < -0.39 is 28.5 Å². The number of nitrogens with zero attached hydrogens (tertiary/aromatic N) is 1. The van der Waals surface area contributed by atoms with Crippen LogP contribution >= 0.6 is 0 Å². The number of aromatic hydroxyl groups is 1. The molecule has 1 saturated heterocycles. The molecule has 166 valence electrons. The number of hydrogen-bond acceptors (Lipinski definition) is 6. The summed E-state index contributed by atoms with van der Waals surface area (Å²) in [6.45, 7) is 0.469. The van der Waals surface area contributed by atoms with Gasteiger partial charge >= 0.3 is 5.97 Å². The Morgan fingerprint density at radius 2 is 1.59 bits per heavy atom. The topological polar surface area (TPSA) is 113 Å². The fraction of sp³-hybridized carbons (Fsp3) is 0.217. The Hall–Kier alpha value is -3.43. The van der Waals surface area contributed by atoms with Crippen LogP contribution in [0.15, 0.2) is 65.6 Å². The summed E-state index contributed by atoms with van der Waals surface area (Å²) < 4.78 is 31.6. The first kappa shape index (κ1) is 21.8. The van der Waals surface area contributed by atoms with Crippen LogP contribution in [0.5, 0.6) is 5.75 Å². The Morgan fingerprint density at radius 1 is 0.969 bits per heavy atom. The highest BCUT2D eigenvalue weighted by atomic mass is 32.2. The molecule has 0 saturated carbocycles. The highest BCUT2D eigenvalue weighted by molar-refractivity contribution is 7.89. The minimum Gasteiger partial charge on any atom is -0.507 e. The van der Waals surface area contributed by atoms with Gasteiger partial charge in [0.15, 0.2) is 6.61 Å². The van der Waals surface area contributed by atoms with Crippen molar-refractivity contribution in [1.82, 2.24) is 4.31 Å². The van der Waals surface area contributed by atoms with Gasteiger partial charge in [0.1, 0.15) is 11.3 Å². The lowest BCUT2D eigenvalue weighted by Gasteiger charge is -2.15. The Morgan fingerprint density at radius 3 is 2.25 bits per heavy atom. The van der Waals surface area contributed by atoms with Gasteiger partial charge in [-0.1, -0.05) is 24.3 Å². The SMILES string of the molecule is O=C(COC(=O)c1cc2ccccc2cc1O)Nc1ccc(S(=O)(=O)N2CCCC2)cc1. The number of anilines is 1. The zero-order valence-electron chi connectivity index (χ0n) is 17.2. The van der Waals surface area contributed by atoms with E-state index in [1.807, 2.05) is 12.1 Å². The lowest BCUT2D eigenvalue weighted by molar-refractivity contribution is -0.119. The second kappa shape index (κ2) is 8.97. The average molecular weight is 455 g/mol. The first-order valence-corrected chi connectivity index (χ1v) is 11.6. The maximum Gasteiger partial charge on any atom is 0.342 e. The number of sulfonamides is 1. The average Bonchev–Trinajstić information content (AvgIpc) is 3.33. The largest absolute Gasteiger partial charge is 0.507 e. The smallest absolute Gasteiger partial charge is 0.342 e. The zero-order chi connectivity index (χ0) is 22.7. The second-order valence-corrected chi connectivity index (χ2v) is 9.41. The third-order valence-electron chi connectivity index (χ3n) is 5.26. The molecule has 8 nitrogen and oxygen atoms in total. The number of hydrogen-bond donors (Lipinski definition) is 2. The molecular formula is C23H22N2O6S. The lowest BCUT2D eigenvalue weighted by Crippen LogP contribution is -2.27. The summed E-state index contributed by atoms with van der Waals surface area (Å²) in [6.07, 6.45) is 1.70. The van der Waals surface area contributed by atoms with Gasteiger partial charge in [-0.3, -0.25) is 4.79 Å². The minimum absolute atomic E-state index is 0.0343. The fourth-order valence-electron chi connectivity index (χ4n) is 3.59. The molecule has 3 aromatic rings. The van der Waals surface area contributed by atoms with E-state index in [4.69, 9.17) is 4.74 Å². The fourth-order valence-corrected chi connectivity index (χ4v) is 5.10. The van der Waals surface area contributed by atoms with Gasteiger partial charge in [0.2, 0.25) is 10.0 Å². The van der Waals surface area contributed by atoms with Crippen molar-refractivity contribution < 1.29 is 27.9 Å². The van der Waals surface area contributed by atoms with Crippen molar-refractivity contribution in [2.24, 2.45) is 0 Å². The van der Waals surface area contributed by atoms with Crippen molar-refractivity contribution in [3.63, 3.8) is 0 Å². The van der Waals surface area contributed by atoms with Gasteiger partial charge in [0.05, 0.1) is 4.90 Å². The second-order valence-electron chi connectivity index (χ2n) is 7.48. The van der Waals surface area contributed by atoms with E-state index in [1.54, 1.807) is 12.1 Å². The van der Waals surface area contributed by atoms with Crippen LogP contribution in [0.3, 0.4) is 0 Å². The summed E-state index contributed by atoms with van der Waals surface area (Å²) in [7, 11) is -3.53. The van der Waals surface area contributed by atoms with E-state index in [0.29, 0.717) is 18.8 Å². The molecule has 0 aliphatic carbocycles. The summed E-state index contributed by atoms with van der Waals surface area (Å²) in [4.78, 5) is 24.6. The number of carbonyl (C=O) groups is 2. The van der Waals surface area contributed by atoms with Gasteiger partial charge < -0.3 is 15.2 Å². The maximum absolute atomic E-state index is 12.6. The third kappa shape index (κ3) is 4.58. The van der Waals surface area contributed by atoms with Gasteiger partial charge in [0, 0.05) is 18.8 Å². The molecule has 1 fully saturated rings. The van der Waals surface area contributed by atoms with E-state index in [2.05, 4.69) is 5.32 Å². The molecule has 0 aromatic heterocycles. The summed E-state index contributed by atoms with van der Waals surface area (Å²) in [5, 5.41) is 14.2. The molecule has 0 unspecified atom stereocenters. The van der Waals surface area contributed by atoms with Crippen LogP contribution in [-0.2, 0) is 19.6 Å². The first-order valence-electron chi connectivity index (χ1n) is 10.1. The first-order chi connectivity index (χ1) is 15.3. The monoisotopic (exact) mass is 454 g/mol. The van der Waals surface area contributed by atoms with Crippen LogP contribution in [0.2, 0.25) is 0 Å². The molecule has 0 bridgehead atoms. The van der Waals surface area contributed by atoms with E-state index in [-0.39, 0.29) is 16.2 Å². The van der Waals surface area contributed by atoms with Crippen LogP contribution in [0.4, 0.5) is 5.69 Å². The Balaban J connectivity index is 1.36. The predicted molar refractivity (Wildman–Crippen MR) is 119 cm³/mol. The predicted octanol–water partition coefficient (Wildman–Crippen LogP) is 3.13. The number of carbonyl (C=O) groups excluding carboxylic acids is 2. The lowest BCUT2D eigenvalue weighted by atomic mass is 10.1. The molecule has 0 radical (unpaired) electrons. The van der Waals surface area contributed by atoms with Gasteiger partial charge in [0.25, 0.3) is 5.91 Å². The van der Waals surface area contributed by atoms with E-state index >= 15 is 0 Å². The number of nitrogens with one attached hydrogen (secondary N) is 1. The van der Waals surface area contributed by atoms with Crippen LogP contribution in [0, 0.1) is 0 Å². The molecule has 1 amide bonds. The zero-order valence-corrected chi connectivity index (χ0v) is 18.0. The highest BCUT2D eigenvalue weighted by Crippen LogP contribution is 2.26. The number of phenols is 1. The van der Waals surface area contributed by atoms with Crippen molar-refractivity contribution >= 4 is 38.4 Å². The summed E-state index contributed by atoms with van der Waals surface area (Å²) in [5.41, 5.74) is 0.341. The quantitative estimate of drug-likeness (QED) is 0.554. The number of rotatable bonds is 6. The highest BCUT2D eigenvalue weighted by Gasteiger charge is 2.27. The molecule has 0 atom stereocenters. The number of phenolic OH excluding ortho intramolecular Hbond substituents is 1. The third-order valence-corrected chi connectivity index (χ3v) is 7.17. The summed E-state index contributed by atoms with van der Waals surface area (Å²) in [6, 6.07) is 16.0.